The molecule has 7 nitrogen and oxygen atoms in total. The first-order valence-electron chi connectivity index (χ1n) is 10.7. The maximum atomic E-state index is 10.6. The largest absolute Gasteiger partial charge is 0.494 e. The van der Waals surface area contributed by atoms with E-state index in [9.17, 15) is 18.0 Å². The first-order valence-corrected chi connectivity index (χ1v) is 10.7. The van der Waals surface area contributed by atoms with Gasteiger partial charge < -0.3 is 25.0 Å². The highest BCUT2D eigenvalue weighted by molar-refractivity contribution is 5.73. The first-order chi connectivity index (χ1) is 16.2. The number of nitrogens with one attached hydrogen (secondary N) is 1. The average Bonchev–Trinajstić information content (AvgIpc) is 2.79. The Morgan fingerprint density at radius 3 is 2.18 bits per heavy atom. The Kier molecular flexibility index (Phi) is 14.0. The van der Waals surface area contributed by atoms with E-state index < -0.39 is 18.1 Å². The number of halogens is 3. The topological polar surface area (TPSA) is 105 Å². The van der Waals surface area contributed by atoms with E-state index in [4.69, 9.17) is 24.5 Å². The van der Waals surface area contributed by atoms with Crippen LogP contribution in [0.1, 0.15) is 36.8 Å². The summed E-state index contributed by atoms with van der Waals surface area (Å²) in [7, 11) is 0. The van der Waals surface area contributed by atoms with E-state index in [0.29, 0.717) is 26.3 Å². The molecule has 0 fully saturated rings. The van der Waals surface area contributed by atoms with Crippen LogP contribution in [0.4, 0.5) is 13.2 Å². The number of alkyl halides is 3. The Morgan fingerprint density at radius 1 is 0.882 bits per heavy atom. The van der Waals surface area contributed by atoms with Gasteiger partial charge in [-0.2, -0.15) is 13.2 Å². The zero-order valence-corrected chi connectivity index (χ0v) is 18.7. The Hall–Kier alpha value is -3.11. The van der Waals surface area contributed by atoms with Gasteiger partial charge in [-0.1, -0.05) is 42.5 Å². The number of ether oxygens (including phenoxy) is 2. The molecule has 188 valence electrons. The summed E-state index contributed by atoms with van der Waals surface area (Å²) in [4.78, 5) is 19.4. The van der Waals surface area contributed by atoms with Gasteiger partial charge in [0.05, 0.1) is 19.6 Å². The van der Waals surface area contributed by atoms with Crippen LogP contribution in [-0.4, -0.2) is 48.1 Å². The Bertz CT molecular complexity index is 846. The lowest BCUT2D eigenvalue weighted by atomic mass is 10.2. The summed E-state index contributed by atoms with van der Waals surface area (Å²) < 4.78 is 43.2. The van der Waals surface area contributed by atoms with Crippen molar-refractivity contribution in [3.05, 3.63) is 65.7 Å². The predicted octanol–water partition coefficient (Wildman–Crippen LogP) is 4.65. The molecule has 0 saturated carbocycles. The van der Waals surface area contributed by atoms with Crippen molar-refractivity contribution in [1.29, 1.82) is 0 Å². The third-order valence-corrected chi connectivity index (χ3v) is 4.30. The number of carbonyl (C=O) groups is 2. The van der Waals surface area contributed by atoms with E-state index in [1.165, 1.54) is 5.56 Å². The zero-order chi connectivity index (χ0) is 25.2. The van der Waals surface area contributed by atoms with Gasteiger partial charge in [-0.05, 0) is 42.5 Å². The van der Waals surface area contributed by atoms with Crippen molar-refractivity contribution < 1.29 is 42.4 Å². The van der Waals surface area contributed by atoms with E-state index >= 15 is 0 Å². The molecule has 0 heterocycles. The van der Waals surface area contributed by atoms with Crippen molar-refractivity contribution >= 4 is 11.9 Å². The molecule has 0 unspecified atom stereocenters. The van der Waals surface area contributed by atoms with E-state index in [0.717, 1.165) is 37.2 Å². The highest BCUT2D eigenvalue weighted by Crippen LogP contribution is 2.14. The number of aliphatic carboxylic acids is 2. The van der Waals surface area contributed by atoms with Gasteiger partial charge in [0.1, 0.15) is 5.75 Å². The van der Waals surface area contributed by atoms with Crippen molar-refractivity contribution in [3.8, 4) is 5.75 Å². The number of rotatable bonds is 14. The molecule has 0 atom stereocenters. The first kappa shape index (κ1) is 28.9. The summed E-state index contributed by atoms with van der Waals surface area (Å²) in [6.45, 7) is 3.24. The van der Waals surface area contributed by atoms with Crippen molar-refractivity contribution in [2.24, 2.45) is 0 Å². The number of carboxylic acid groups (broad SMARTS) is 2. The molecule has 0 bridgehead atoms. The van der Waals surface area contributed by atoms with Gasteiger partial charge in [0.25, 0.3) is 0 Å². The zero-order valence-electron chi connectivity index (χ0n) is 18.7. The molecule has 2 aromatic rings. The molecular formula is C24H30F3NO6. The highest BCUT2D eigenvalue weighted by atomic mass is 19.4. The van der Waals surface area contributed by atoms with E-state index in [-0.39, 0.29) is 6.42 Å². The minimum absolute atomic E-state index is 0.130. The summed E-state index contributed by atoms with van der Waals surface area (Å²) in [5.74, 6) is -2.69. The fourth-order valence-electron chi connectivity index (χ4n) is 2.61. The molecule has 0 saturated heterocycles. The SMILES string of the molecule is O=C(O)C(F)(F)F.O=C(O)CCNCc1cccc(OCCCCCOCc2ccccc2)c1. The van der Waals surface area contributed by atoms with Gasteiger partial charge >= 0.3 is 18.1 Å². The van der Waals surface area contributed by atoms with Crippen LogP contribution >= 0.6 is 0 Å². The van der Waals surface area contributed by atoms with Gasteiger partial charge in [0.2, 0.25) is 0 Å². The van der Waals surface area contributed by atoms with Crippen LogP contribution in [-0.2, 0) is 27.5 Å². The fraction of sp³-hybridized carbons (Fsp3) is 0.417. The van der Waals surface area contributed by atoms with Crippen LogP contribution in [0.5, 0.6) is 5.75 Å². The minimum atomic E-state index is -5.08. The average molecular weight is 485 g/mol. The van der Waals surface area contributed by atoms with E-state index in [2.05, 4.69) is 17.4 Å². The third kappa shape index (κ3) is 14.9. The molecule has 0 aromatic heterocycles. The lowest BCUT2D eigenvalue weighted by Crippen LogP contribution is -2.21. The monoisotopic (exact) mass is 485 g/mol. The maximum Gasteiger partial charge on any atom is 0.490 e. The molecule has 3 N–H and O–H groups in total. The number of hydrogen-bond acceptors (Lipinski definition) is 5. The van der Waals surface area contributed by atoms with Gasteiger partial charge in [0, 0.05) is 19.7 Å². The highest BCUT2D eigenvalue weighted by Gasteiger charge is 2.38. The lowest BCUT2D eigenvalue weighted by molar-refractivity contribution is -0.192. The standard InChI is InChI=1S/C22H29NO4.C2HF3O2/c24-22(25)12-13-23-17-20-10-7-11-21(16-20)27-15-6-2-5-14-26-18-19-8-3-1-4-9-19;3-2(4,5)1(6)7/h1,3-4,7-11,16,23H,2,5-6,12-15,17-18H2,(H,24,25);(H,6,7). The lowest BCUT2D eigenvalue weighted by Gasteiger charge is -2.09. The second kappa shape index (κ2) is 16.5. The van der Waals surface area contributed by atoms with Crippen LogP contribution in [0.25, 0.3) is 0 Å². The van der Waals surface area contributed by atoms with Gasteiger partial charge in [-0.15, -0.1) is 0 Å². The molecule has 2 aromatic carbocycles. The molecule has 2 rings (SSSR count). The second-order valence-corrected chi connectivity index (χ2v) is 7.22. The molecule has 10 heteroatoms. The summed E-state index contributed by atoms with van der Waals surface area (Å²) in [5, 5.41) is 18.9. The molecule has 0 aliphatic rings. The Labute approximate surface area is 196 Å². The molecule has 0 aliphatic heterocycles. The smallest absolute Gasteiger partial charge is 0.490 e. The van der Waals surface area contributed by atoms with Crippen LogP contribution < -0.4 is 10.1 Å². The molecule has 0 amide bonds. The van der Waals surface area contributed by atoms with Gasteiger partial charge in [0.15, 0.2) is 0 Å². The number of unbranched alkanes of at least 4 members (excludes halogenated alkanes) is 2. The van der Waals surface area contributed by atoms with E-state index in [1.807, 2.05) is 42.5 Å². The van der Waals surface area contributed by atoms with Crippen molar-refractivity contribution in [1.82, 2.24) is 5.32 Å². The number of hydrogen-bond donors (Lipinski definition) is 3. The summed E-state index contributed by atoms with van der Waals surface area (Å²) >= 11 is 0. The molecule has 0 radical (unpaired) electrons. The number of benzene rings is 2. The summed E-state index contributed by atoms with van der Waals surface area (Å²) in [5.41, 5.74) is 2.30. The normalized spacial score (nSPS) is 10.8. The minimum Gasteiger partial charge on any atom is -0.494 e. The van der Waals surface area contributed by atoms with Crippen molar-refractivity contribution in [2.75, 3.05) is 19.8 Å². The molecule has 0 aliphatic carbocycles. The van der Waals surface area contributed by atoms with Crippen LogP contribution in [0, 0.1) is 0 Å². The van der Waals surface area contributed by atoms with Crippen LogP contribution in [0.3, 0.4) is 0 Å². The van der Waals surface area contributed by atoms with Crippen molar-refractivity contribution in [3.63, 3.8) is 0 Å². The Morgan fingerprint density at radius 2 is 1.53 bits per heavy atom. The third-order valence-electron chi connectivity index (χ3n) is 4.30. The predicted molar refractivity (Wildman–Crippen MR) is 120 cm³/mol. The van der Waals surface area contributed by atoms with Crippen molar-refractivity contribution in [2.45, 2.75) is 45.0 Å². The summed E-state index contributed by atoms with van der Waals surface area (Å²) in [6, 6.07) is 18.1. The molecular weight excluding hydrogens is 455 g/mol. The van der Waals surface area contributed by atoms with Crippen LogP contribution in [0.15, 0.2) is 54.6 Å². The number of carboxylic acids is 2. The van der Waals surface area contributed by atoms with E-state index in [1.54, 1.807) is 0 Å². The fourth-order valence-corrected chi connectivity index (χ4v) is 2.61. The Balaban J connectivity index is 0.000000718. The van der Waals surface area contributed by atoms with Crippen LogP contribution in [0.2, 0.25) is 0 Å². The second-order valence-electron chi connectivity index (χ2n) is 7.22. The maximum absolute atomic E-state index is 10.6. The quantitative estimate of drug-likeness (QED) is 0.335. The molecule has 0 spiro atoms. The van der Waals surface area contributed by atoms with Gasteiger partial charge in [-0.3, -0.25) is 4.79 Å². The summed E-state index contributed by atoms with van der Waals surface area (Å²) in [6.07, 6.45) is -1.85. The molecule has 34 heavy (non-hydrogen) atoms. The van der Waals surface area contributed by atoms with Gasteiger partial charge in [-0.25, -0.2) is 4.79 Å².